The maximum Gasteiger partial charge on any atom is 0.146 e. The topological polar surface area (TPSA) is 35.2 Å². The molecule has 0 fully saturated rings. The van der Waals surface area contributed by atoms with Gasteiger partial charge in [-0.15, -0.1) is 0 Å². The van der Waals surface area contributed by atoms with E-state index in [0.29, 0.717) is 22.9 Å². The highest BCUT2D eigenvalue weighted by molar-refractivity contribution is 6.32. The predicted octanol–water partition coefficient (Wildman–Crippen LogP) is 4.47. The number of nitrogens with two attached hydrogens (primary N) is 1. The highest BCUT2D eigenvalue weighted by atomic mass is 35.5. The molecule has 4 heteroatoms. The second-order valence-corrected chi connectivity index (χ2v) is 5.38. The summed E-state index contributed by atoms with van der Waals surface area (Å²) in [5, 5.41) is 0.529. The van der Waals surface area contributed by atoms with Gasteiger partial charge in [-0.1, -0.05) is 17.7 Å². The third-order valence-electron chi connectivity index (χ3n) is 2.87. The molecule has 0 aliphatic carbocycles. The summed E-state index contributed by atoms with van der Waals surface area (Å²) in [6.07, 6.45) is 0.538. The van der Waals surface area contributed by atoms with Gasteiger partial charge in [0.25, 0.3) is 0 Å². The SMILES string of the molecule is Cc1ccc(Oc2ccc(F)cc2CC(C)N)c(Cl)c1. The fraction of sp³-hybridized carbons (Fsp3) is 0.250. The van der Waals surface area contributed by atoms with Gasteiger partial charge in [-0.2, -0.15) is 0 Å². The van der Waals surface area contributed by atoms with Gasteiger partial charge in [0, 0.05) is 6.04 Å². The summed E-state index contributed by atoms with van der Waals surface area (Å²) in [6.45, 7) is 3.82. The monoisotopic (exact) mass is 293 g/mol. The molecule has 0 aliphatic rings. The van der Waals surface area contributed by atoms with Crippen molar-refractivity contribution in [3.63, 3.8) is 0 Å². The zero-order valence-corrected chi connectivity index (χ0v) is 12.2. The second kappa shape index (κ2) is 6.25. The van der Waals surface area contributed by atoms with Crippen molar-refractivity contribution in [1.29, 1.82) is 0 Å². The van der Waals surface area contributed by atoms with Crippen LogP contribution in [0.5, 0.6) is 11.5 Å². The van der Waals surface area contributed by atoms with Crippen molar-refractivity contribution in [2.24, 2.45) is 5.73 Å². The third kappa shape index (κ3) is 3.71. The normalized spacial score (nSPS) is 12.2. The summed E-state index contributed by atoms with van der Waals surface area (Å²) in [5.41, 5.74) is 7.57. The summed E-state index contributed by atoms with van der Waals surface area (Å²) >= 11 is 6.14. The minimum atomic E-state index is -0.303. The van der Waals surface area contributed by atoms with E-state index < -0.39 is 0 Å². The Bertz CT molecular complexity index is 613. The Kier molecular flexibility index (Phi) is 4.63. The van der Waals surface area contributed by atoms with Crippen LogP contribution in [0.15, 0.2) is 36.4 Å². The number of halogens is 2. The van der Waals surface area contributed by atoms with E-state index in [-0.39, 0.29) is 11.9 Å². The molecule has 1 atom stereocenters. The van der Waals surface area contributed by atoms with Crippen LogP contribution in [0.4, 0.5) is 4.39 Å². The molecule has 2 nitrogen and oxygen atoms in total. The van der Waals surface area contributed by atoms with Crippen molar-refractivity contribution < 1.29 is 9.13 Å². The van der Waals surface area contributed by atoms with Crippen LogP contribution >= 0.6 is 11.6 Å². The maximum absolute atomic E-state index is 13.3. The van der Waals surface area contributed by atoms with Crippen LogP contribution in [0, 0.1) is 12.7 Å². The Labute approximate surface area is 123 Å². The molecule has 0 amide bonds. The first-order valence-electron chi connectivity index (χ1n) is 6.43. The molecule has 2 aromatic carbocycles. The molecular weight excluding hydrogens is 277 g/mol. The fourth-order valence-corrected chi connectivity index (χ4v) is 2.23. The standard InChI is InChI=1S/C16H17ClFNO/c1-10-3-5-16(14(17)7-10)20-15-6-4-13(18)9-12(15)8-11(2)19/h3-7,9,11H,8,19H2,1-2H3. The van der Waals surface area contributed by atoms with Crippen LogP contribution in [0.3, 0.4) is 0 Å². The summed E-state index contributed by atoms with van der Waals surface area (Å²) in [7, 11) is 0. The van der Waals surface area contributed by atoms with Crippen LogP contribution in [0.2, 0.25) is 5.02 Å². The van der Waals surface area contributed by atoms with Gasteiger partial charge in [0.15, 0.2) is 0 Å². The summed E-state index contributed by atoms with van der Waals surface area (Å²) in [5.74, 6) is 0.826. The van der Waals surface area contributed by atoms with Gasteiger partial charge < -0.3 is 10.5 Å². The van der Waals surface area contributed by atoms with Crippen LogP contribution in [-0.4, -0.2) is 6.04 Å². The molecule has 0 bridgehead atoms. The zero-order chi connectivity index (χ0) is 14.7. The van der Waals surface area contributed by atoms with Gasteiger partial charge in [-0.05, 0) is 61.7 Å². The Morgan fingerprint density at radius 2 is 1.90 bits per heavy atom. The van der Waals surface area contributed by atoms with Crippen LogP contribution in [0.25, 0.3) is 0 Å². The van der Waals surface area contributed by atoms with Gasteiger partial charge in [-0.3, -0.25) is 0 Å². The van der Waals surface area contributed by atoms with Crippen molar-refractivity contribution >= 4 is 11.6 Å². The van der Waals surface area contributed by atoms with Gasteiger partial charge in [0.05, 0.1) is 5.02 Å². The number of benzene rings is 2. The molecule has 0 saturated carbocycles. The van der Waals surface area contributed by atoms with Crippen molar-refractivity contribution in [2.75, 3.05) is 0 Å². The lowest BCUT2D eigenvalue weighted by Crippen LogP contribution is -2.18. The molecule has 0 saturated heterocycles. The number of hydrogen-bond acceptors (Lipinski definition) is 2. The Morgan fingerprint density at radius 3 is 2.55 bits per heavy atom. The van der Waals surface area contributed by atoms with Gasteiger partial charge in [0.1, 0.15) is 17.3 Å². The van der Waals surface area contributed by atoms with E-state index in [0.717, 1.165) is 11.1 Å². The highest BCUT2D eigenvalue weighted by Gasteiger charge is 2.10. The highest BCUT2D eigenvalue weighted by Crippen LogP contribution is 2.32. The first-order chi connectivity index (χ1) is 9.45. The molecule has 0 spiro atoms. The Morgan fingerprint density at radius 1 is 1.20 bits per heavy atom. The number of aryl methyl sites for hydroxylation is 1. The van der Waals surface area contributed by atoms with E-state index in [1.807, 2.05) is 26.0 Å². The van der Waals surface area contributed by atoms with E-state index in [1.165, 1.54) is 12.1 Å². The van der Waals surface area contributed by atoms with E-state index >= 15 is 0 Å². The molecule has 0 aliphatic heterocycles. The van der Waals surface area contributed by atoms with E-state index in [9.17, 15) is 4.39 Å². The summed E-state index contributed by atoms with van der Waals surface area (Å²) < 4.78 is 19.1. The molecule has 0 aromatic heterocycles. The van der Waals surface area contributed by atoms with Gasteiger partial charge in [-0.25, -0.2) is 4.39 Å². The fourth-order valence-electron chi connectivity index (χ4n) is 1.96. The zero-order valence-electron chi connectivity index (χ0n) is 11.5. The first kappa shape index (κ1) is 14.8. The van der Waals surface area contributed by atoms with Crippen molar-refractivity contribution in [3.05, 3.63) is 58.4 Å². The van der Waals surface area contributed by atoms with E-state index in [1.54, 1.807) is 12.1 Å². The van der Waals surface area contributed by atoms with Crippen molar-refractivity contribution in [2.45, 2.75) is 26.3 Å². The lowest BCUT2D eigenvalue weighted by atomic mass is 10.1. The number of ether oxygens (including phenoxy) is 1. The van der Waals surface area contributed by atoms with E-state index in [2.05, 4.69) is 0 Å². The number of hydrogen-bond donors (Lipinski definition) is 1. The Hall–Kier alpha value is -1.58. The summed E-state index contributed by atoms with van der Waals surface area (Å²) in [4.78, 5) is 0. The van der Waals surface area contributed by atoms with Crippen LogP contribution in [-0.2, 0) is 6.42 Å². The predicted molar refractivity (Wildman–Crippen MR) is 80.0 cm³/mol. The molecule has 1 unspecified atom stereocenters. The minimum absolute atomic E-state index is 0.0763. The lowest BCUT2D eigenvalue weighted by Gasteiger charge is -2.14. The van der Waals surface area contributed by atoms with Crippen molar-refractivity contribution in [1.82, 2.24) is 0 Å². The third-order valence-corrected chi connectivity index (χ3v) is 3.17. The van der Waals surface area contributed by atoms with Gasteiger partial charge in [0.2, 0.25) is 0 Å². The maximum atomic E-state index is 13.3. The quantitative estimate of drug-likeness (QED) is 0.902. The molecule has 2 rings (SSSR count). The van der Waals surface area contributed by atoms with Crippen molar-refractivity contribution in [3.8, 4) is 11.5 Å². The molecule has 2 N–H and O–H groups in total. The van der Waals surface area contributed by atoms with Crippen LogP contribution < -0.4 is 10.5 Å². The minimum Gasteiger partial charge on any atom is -0.456 e. The first-order valence-corrected chi connectivity index (χ1v) is 6.81. The molecule has 0 heterocycles. The smallest absolute Gasteiger partial charge is 0.146 e. The molecule has 20 heavy (non-hydrogen) atoms. The van der Waals surface area contributed by atoms with Crippen LogP contribution in [0.1, 0.15) is 18.1 Å². The molecule has 106 valence electrons. The average molecular weight is 294 g/mol. The molecular formula is C16H17ClFNO. The number of rotatable bonds is 4. The van der Waals surface area contributed by atoms with E-state index in [4.69, 9.17) is 22.1 Å². The largest absolute Gasteiger partial charge is 0.456 e. The lowest BCUT2D eigenvalue weighted by molar-refractivity contribution is 0.471. The second-order valence-electron chi connectivity index (χ2n) is 4.97. The summed E-state index contributed by atoms with van der Waals surface area (Å²) in [6, 6.07) is 9.87. The molecule has 2 aromatic rings. The van der Waals surface area contributed by atoms with Gasteiger partial charge >= 0.3 is 0 Å². The molecule has 0 radical (unpaired) electrons. The Balaban J connectivity index is 2.32. The average Bonchev–Trinajstić information content (AvgIpc) is 2.34.